The first-order valence-corrected chi connectivity index (χ1v) is 6.21. The molecule has 0 heterocycles. The van der Waals surface area contributed by atoms with Crippen LogP contribution in [0.5, 0.6) is 0 Å². The van der Waals surface area contributed by atoms with Crippen molar-refractivity contribution in [2.75, 3.05) is 6.54 Å². The zero-order chi connectivity index (χ0) is 12.0. The van der Waals surface area contributed by atoms with Crippen molar-refractivity contribution >= 4 is 0 Å². The van der Waals surface area contributed by atoms with Crippen LogP contribution in [-0.4, -0.2) is 12.6 Å². The number of nitrogens with two attached hydrogens (primary N) is 2. The smallest absolute Gasteiger partial charge is 0.0120 e. The third-order valence-corrected chi connectivity index (χ3v) is 3.17. The average molecular weight is 220 g/mol. The molecule has 2 unspecified atom stereocenters. The largest absolute Gasteiger partial charge is 0.330 e. The van der Waals surface area contributed by atoms with Crippen LogP contribution in [0.15, 0.2) is 24.3 Å². The summed E-state index contributed by atoms with van der Waals surface area (Å²) in [6, 6.07) is 8.75. The van der Waals surface area contributed by atoms with Crippen LogP contribution in [0, 0.1) is 6.92 Å². The number of rotatable bonds is 6. The molecule has 2 atom stereocenters. The molecule has 0 aromatic heterocycles. The van der Waals surface area contributed by atoms with Crippen molar-refractivity contribution in [3.05, 3.63) is 35.4 Å². The van der Waals surface area contributed by atoms with E-state index in [1.165, 1.54) is 24.0 Å². The molecule has 0 radical (unpaired) electrons. The van der Waals surface area contributed by atoms with E-state index in [1.807, 2.05) is 0 Å². The molecule has 0 saturated heterocycles. The minimum absolute atomic E-state index is 0.188. The summed E-state index contributed by atoms with van der Waals surface area (Å²) in [5, 5.41) is 0. The molecular weight excluding hydrogens is 196 g/mol. The molecule has 1 aromatic rings. The molecule has 90 valence electrons. The third kappa shape index (κ3) is 3.62. The summed E-state index contributed by atoms with van der Waals surface area (Å²) in [5.41, 5.74) is 14.6. The lowest BCUT2D eigenvalue weighted by Crippen LogP contribution is -2.33. The zero-order valence-electron chi connectivity index (χ0n) is 10.4. The third-order valence-electron chi connectivity index (χ3n) is 3.17. The van der Waals surface area contributed by atoms with Crippen molar-refractivity contribution in [2.24, 2.45) is 11.5 Å². The van der Waals surface area contributed by atoms with E-state index in [-0.39, 0.29) is 6.04 Å². The predicted octanol–water partition coefficient (Wildman–Crippen LogP) is 2.55. The quantitative estimate of drug-likeness (QED) is 0.774. The molecular formula is C14H24N2. The van der Waals surface area contributed by atoms with Crippen LogP contribution in [0.2, 0.25) is 0 Å². The summed E-state index contributed by atoms with van der Waals surface area (Å²) >= 11 is 0. The standard InChI is InChI=1S/C14H24N2/c1-3-4-5-14(16)13(10-15)12-8-6-11(2)7-9-12/h6-9,13-14H,3-5,10,15-16H2,1-2H3. The van der Waals surface area contributed by atoms with Gasteiger partial charge in [-0.05, 0) is 18.9 Å². The van der Waals surface area contributed by atoms with Crippen molar-refractivity contribution in [1.29, 1.82) is 0 Å². The van der Waals surface area contributed by atoms with Crippen LogP contribution in [0.3, 0.4) is 0 Å². The molecule has 0 saturated carbocycles. The second-order valence-electron chi connectivity index (χ2n) is 4.56. The lowest BCUT2D eigenvalue weighted by molar-refractivity contribution is 0.487. The minimum Gasteiger partial charge on any atom is -0.330 e. The summed E-state index contributed by atoms with van der Waals surface area (Å²) in [6.45, 7) is 4.92. The first-order chi connectivity index (χ1) is 7.69. The van der Waals surface area contributed by atoms with Gasteiger partial charge in [0.1, 0.15) is 0 Å². The lowest BCUT2D eigenvalue weighted by atomic mass is 9.89. The highest BCUT2D eigenvalue weighted by Crippen LogP contribution is 2.21. The van der Waals surface area contributed by atoms with Crippen LogP contribution in [0.4, 0.5) is 0 Å². The Morgan fingerprint density at radius 3 is 2.31 bits per heavy atom. The van der Waals surface area contributed by atoms with Crippen molar-refractivity contribution in [3.8, 4) is 0 Å². The Morgan fingerprint density at radius 2 is 1.81 bits per heavy atom. The van der Waals surface area contributed by atoms with E-state index in [9.17, 15) is 0 Å². The Bertz CT molecular complexity index is 292. The molecule has 0 bridgehead atoms. The van der Waals surface area contributed by atoms with E-state index >= 15 is 0 Å². The van der Waals surface area contributed by atoms with Gasteiger partial charge in [0.15, 0.2) is 0 Å². The maximum absolute atomic E-state index is 6.20. The Hall–Kier alpha value is -0.860. The van der Waals surface area contributed by atoms with Crippen molar-refractivity contribution in [1.82, 2.24) is 0 Å². The maximum atomic E-state index is 6.20. The predicted molar refractivity (Wildman–Crippen MR) is 70.5 cm³/mol. The van der Waals surface area contributed by atoms with E-state index in [0.29, 0.717) is 12.5 Å². The van der Waals surface area contributed by atoms with Gasteiger partial charge in [-0.25, -0.2) is 0 Å². The van der Waals surface area contributed by atoms with E-state index in [0.717, 1.165) is 6.42 Å². The van der Waals surface area contributed by atoms with Crippen LogP contribution in [0.1, 0.15) is 43.2 Å². The van der Waals surface area contributed by atoms with Crippen LogP contribution in [0.25, 0.3) is 0 Å². The molecule has 16 heavy (non-hydrogen) atoms. The monoisotopic (exact) mass is 220 g/mol. The SMILES string of the molecule is CCCCC(N)C(CN)c1ccc(C)cc1. The van der Waals surface area contributed by atoms with Gasteiger partial charge in [0.2, 0.25) is 0 Å². The minimum atomic E-state index is 0.188. The number of benzene rings is 1. The Balaban J connectivity index is 2.69. The van der Waals surface area contributed by atoms with Crippen LogP contribution >= 0.6 is 0 Å². The highest BCUT2D eigenvalue weighted by atomic mass is 14.7. The fourth-order valence-corrected chi connectivity index (χ4v) is 2.01. The molecule has 0 aliphatic heterocycles. The lowest BCUT2D eigenvalue weighted by Gasteiger charge is -2.23. The van der Waals surface area contributed by atoms with Gasteiger partial charge in [-0.1, -0.05) is 49.6 Å². The Kier molecular flexibility index (Phi) is 5.50. The molecule has 1 rings (SSSR count). The second kappa shape index (κ2) is 6.66. The number of unbranched alkanes of at least 4 members (excludes halogenated alkanes) is 1. The average Bonchev–Trinajstić information content (AvgIpc) is 2.30. The van der Waals surface area contributed by atoms with Crippen molar-refractivity contribution in [3.63, 3.8) is 0 Å². The zero-order valence-corrected chi connectivity index (χ0v) is 10.4. The van der Waals surface area contributed by atoms with Crippen molar-refractivity contribution in [2.45, 2.75) is 45.1 Å². The fourth-order valence-electron chi connectivity index (χ4n) is 2.01. The molecule has 1 aromatic carbocycles. The van der Waals surface area contributed by atoms with E-state index in [2.05, 4.69) is 38.1 Å². The molecule has 0 fully saturated rings. The molecule has 2 heteroatoms. The highest BCUT2D eigenvalue weighted by molar-refractivity contribution is 5.26. The molecule has 0 amide bonds. The Labute approximate surface area is 99.0 Å². The van der Waals surface area contributed by atoms with Crippen LogP contribution in [-0.2, 0) is 0 Å². The van der Waals surface area contributed by atoms with Gasteiger partial charge in [-0.2, -0.15) is 0 Å². The maximum Gasteiger partial charge on any atom is 0.0120 e. The first-order valence-electron chi connectivity index (χ1n) is 6.21. The highest BCUT2D eigenvalue weighted by Gasteiger charge is 2.17. The van der Waals surface area contributed by atoms with E-state index in [1.54, 1.807) is 0 Å². The van der Waals surface area contributed by atoms with Crippen LogP contribution < -0.4 is 11.5 Å². The molecule has 4 N–H and O–H groups in total. The van der Waals surface area contributed by atoms with Gasteiger partial charge in [-0.15, -0.1) is 0 Å². The number of aryl methyl sites for hydroxylation is 1. The topological polar surface area (TPSA) is 52.0 Å². The van der Waals surface area contributed by atoms with Gasteiger partial charge >= 0.3 is 0 Å². The normalized spacial score (nSPS) is 14.8. The molecule has 2 nitrogen and oxygen atoms in total. The summed E-state index contributed by atoms with van der Waals surface area (Å²) in [5.74, 6) is 0.298. The second-order valence-corrected chi connectivity index (χ2v) is 4.56. The Morgan fingerprint density at radius 1 is 1.19 bits per heavy atom. The molecule has 0 aliphatic carbocycles. The van der Waals surface area contributed by atoms with Gasteiger partial charge < -0.3 is 11.5 Å². The van der Waals surface area contributed by atoms with Gasteiger partial charge in [0, 0.05) is 18.5 Å². The summed E-state index contributed by atoms with van der Waals surface area (Å²) in [6.07, 6.45) is 3.44. The fraction of sp³-hybridized carbons (Fsp3) is 0.571. The number of hydrogen-bond acceptors (Lipinski definition) is 2. The van der Waals surface area contributed by atoms with Crippen molar-refractivity contribution < 1.29 is 0 Å². The van der Waals surface area contributed by atoms with E-state index in [4.69, 9.17) is 11.5 Å². The summed E-state index contributed by atoms with van der Waals surface area (Å²) in [4.78, 5) is 0. The summed E-state index contributed by atoms with van der Waals surface area (Å²) in [7, 11) is 0. The molecule has 0 spiro atoms. The molecule has 0 aliphatic rings. The van der Waals surface area contributed by atoms with Gasteiger partial charge in [0.25, 0.3) is 0 Å². The number of hydrogen-bond donors (Lipinski definition) is 2. The summed E-state index contributed by atoms with van der Waals surface area (Å²) < 4.78 is 0. The van der Waals surface area contributed by atoms with Gasteiger partial charge in [0.05, 0.1) is 0 Å². The first kappa shape index (κ1) is 13.2. The van der Waals surface area contributed by atoms with E-state index < -0.39 is 0 Å². The van der Waals surface area contributed by atoms with Gasteiger partial charge in [-0.3, -0.25) is 0 Å².